The van der Waals surface area contributed by atoms with E-state index in [1.54, 1.807) is 11.3 Å². The van der Waals surface area contributed by atoms with E-state index in [0.717, 1.165) is 54.8 Å². The number of aryl methyl sites for hydroxylation is 1. The van der Waals surface area contributed by atoms with Crippen molar-refractivity contribution in [3.63, 3.8) is 0 Å². The Hall–Kier alpha value is -1.76. The van der Waals surface area contributed by atoms with Crippen LogP contribution >= 0.6 is 11.3 Å². The molecule has 0 saturated carbocycles. The van der Waals surface area contributed by atoms with E-state index in [0.29, 0.717) is 0 Å². The van der Waals surface area contributed by atoms with Gasteiger partial charge in [-0.2, -0.15) is 0 Å². The van der Waals surface area contributed by atoms with Gasteiger partial charge in [-0.05, 0) is 19.1 Å². The number of aromatic nitrogens is 1. The highest BCUT2D eigenvalue weighted by Crippen LogP contribution is 2.29. The number of carbonyl (C=O) groups is 1. The molecule has 0 unspecified atom stereocenters. The zero-order valence-corrected chi connectivity index (χ0v) is 16.8. The number of ether oxygens (including phenoxy) is 1. The molecule has 0 spiro atoms. The number of nitrogens with one attached hydrogen (secondary N) is 1. The lowest BCUT2D eigenvalue weighted by Gasteiger charge is -2.25. The predicted molar refractivity (Wildman–Crippen MR) is 106 cm³/mol. The fourth-order valence-electron chi connectivity index (χ4n) is 2.77. The van der Waals surface area contributed by atoms with Gasteiger partial charge in [0.25, 0.3) is 0 Å². The second-order valence-corrected chi connectivity index (χ2v) is 8.97. The van der Waals surface area contributed by atoms with Crippen LogP contribution in [0.5, 0.6) is 0 Å². The molecule has 1 fully saturated rings. The molecule has 0 atom stereocenters. The standard InChI is InChI=1S/C20H27N3O2S/c1-14-18(22-17(26-14)13-23-9-11-25-12-10-23)15-5-7-16(8-6-15)21-19(24)20(2,3)4/h5-8H,9-13H2,1-4H3,(H,21,24). The zero-order chi connectivity index (χ0) is 18.7. The number of hydrogen-bond acceptors (Lipinski definition) is 5. The van der Waals surface area contributed by atoms with Crippen molar-refractivity contribution < 1.29 is 9.53 Å². The second kappa shape index (κ2) is 7.86. The lowest BCUT2D eigenvalue weighted by Crippen LogP contribution is -2.35. The number of nitrogens with zero attached hydrogens (tertiary/aromatic N) is 2. The summed E-state index contributed by atoms with van der Waals surface area (Å²) in [7, 11) is 0. The number of amides is 1. The molecule has 0 bridgehead atoms. The Morgan fingerprint density at radius 1 is 1.23 bits per heavy atom. The van der Waals surface area contributed by atoms with Gasteiger partial charge in [0, 0.05) is 34.6 Å². The number of thiazole rings is 1. The van der Waals surface area contributed by atoms with Gasteiger partial charge in [0.15, 0.2) is 0 Å². The van der Waals surface area contributed by atoms with Gasteiger partial charge in [0.1, 0.15) is 5.01 Å². The fraction of sp³-hybridized carbons (Fsp3) is 0.500. The third-order valence-corrected chi connectivity index (χ3v) is 5.36. The van der Waals surface area contributed by atoms with E-state index in [4.69, 9.17) is 9.72 Å². The van der Waals surface area contributed by atoms with Gasteiger partial charge in [0.2, 0.25) is 5.91 Å². The molecule has 2 aromatic rings. The number of hydrogen-bond donors (Lipinski definition) is 1. The maximum atomic E-state index is 12.1. The molecule has 1 amide bonds. The molecule has 3 rings (SSSR count). The molecule has 1 aliphatic heterocycles. The van der Waals surface area contributed by atoms with Crippen LogP contribution < -0.4 is 5.32 Å². The van der Waals surface area contributed by atoms with Crippen LogP contribution in [0.1, 0.15) is 30.7 Å². The van der Waals surface area contributed by atoms with Gasteiger partial charge >= 0.3 is 0 Å². The molecule has 1 aromatic carbocycles. The van der Waals surface area contributed by atoms with Crippen molar-refractivity contribution in [1.82, 2.24) is 9.88 Å². The minimum absolute atomic E-state index is 0.0166. The van der Waals surface area contributed by atoms with Crippen molar-refractivity contribution in [3.05, 3.63) is 34.2 Å². The maximum absolute atomic E-state index is 12.1. The van der Waals surface area contributed by atoms with Gasteiger partial charge in [-0.15, -0.1) is 11.3 Å². The highest BCUT2D eigenvalue weighted by Gasteiger charge is 2.21. The van der Waals surface area contributed by atoms with E-state index in [9.17, 15) is 4.79 Å². The summed E-state index contributed by atoms with van der Waals surface area (Å²) in [6, 6.07) is 7.94. The fourth-order valence-corrected chi connectivity index (χ4v) is 3.76. The SMILES string of the molecule is Cc1sc(CN2CCOCC2)nc1-c1ccc(NC(=O)C(C)(C)C)cc1. The maximum Gasteiger partial charge on any atom is 0.229 e. The van der Waals surface area contributed by atoms with Crippen LogP contribution in [-0.2, 0) is 16.1 Å². The summed E-state index contributed by atoms with van der Waals surface area (Å²) in [6.45, 7) is 12.3. The van der Waals surface area contributed by atoms with Gasteiger partial charge in [0.05, 0.1) is 25.5 Å². The average Bonchev–Trinajstić information content (AvgIpc) is 2.96. The van der Waals surface area contributed by atoms with Gasteiger partial charge < -0.3 is 10.1 Å². The molecular formula is C20H27N3O2S. The van der Waals surface area contributed by atoms with E-state index in [1.807, 2.05) is 45.0 Å². The van der Waals surface area contributed by atoms with E-state index in [-0.39, 0.29) is 5.91 Å². The summed E-state index contributed by atoms with van der Waals surface area (Å²) in [5, 5.41) is 4.10. The van der Waals surface area contributed by atoms with E-state index < -0.39 is 5.41 Å². The van der Waals surface area contributed by atoms with Crippen molar-refractivity contribution in [2.24, 2.45) is 5.41 Å². The summed E-state index contributed by atoms with van der Waals surface area (Å²) in [5.41, 5.74) is 2.53. The number of rotatable bonds is 4. The average molecular weight is 374 g/mol. The molecular weight excluding hydrogens is 346 g/mol. The Balaban J connectivity index is 1.70. The molecule has 0 aliphatic carbocycles. The highest BCUT2D eigenvalue weighted by molar-refractivity contribution is 7.12. The molecule has 1 N–H and O–H groups in total. The van der Waals surface area contributed by atoms with Crippen LogP contribution in [0.25, 0.3) is 11.3 Å². The highest BCUT2D eigenvalue weighted by atomic mass is 32.1. The van der Waals surface area contributed by atoms with Crippen LogP contribution in [-0.4, -0.2) is 42.1 Å². The Morgan fingerprint density at radius 2 is 1.88 bits per heavy atom. The first-order chi connectivity index (χ1) is 12.3. The van der Waals surface area contributed by atoms with Gasteiger partial charge in [-0.3, -0.25) is 9.69 Å². The molecule has 1 aliphatic rings. The van der Waals surface area contributed by atoms with Crippen molar-refractivity contribution in [2.45, 2.75) is 34.2 Å². The van der Waals surface area contributed by atoms with Crippen LogP contribution in [0, 0.1) is 12.3 Å². The Bertz CT molecular complexity index is 756. The van der Waals surface area contributed by atoms with E-state index >= 15 is 0 Å². The van der Waals surface area contributed by atoms with Crippen molar-refractivity contribution in [1.29, 1.82) is 0 Å². The number of morpholine rings is 1. The molecule has 6 heteroatoms. The van der Waals surface area contributed by atoms with E-state index in [1.165, 1.54) is 4.88 Å². The summed E-state index contributed by atoms with van der Waals surface area (Å²) < 4.78 is 5.41. The summed E-state index contributed by atoms with van der Waals surface area (Å²) in [6.07, 6.45) is 0. The predicted octanol–water partition coefficient (Wildman–Crippen LogP) is 3.94. The number of carbonyl (C=O) groups excluding carboxylic acids is 1. The lowest BCUT2D eigenvalue weighted by atomic mass is 9.95. The third kappa shape index (κ3) is 4.69. The minimum atomic E-state index is -0.404. The van der Waals surface area contributed by atoms with E-state index in [2.05, 4.69) is 17.1 Å². The molecule has 26 heavy (non-hydrogen) atoms. The summed E-state index contributed by atoms with van der Waals surface area (Å²) in [5.74, 6) is 0.0166. The molecule has 5 nitrogen and oxygen atoms in total. The molecule has 1 saturated heterocycles. The van der Waals surface area contributed by atoms with Crippen molar-refractivity contribution >= 4 is 22.9 Å². The monoisotopic (exact) mass is 373 g/mol. The Kier molecular flexibility index (Phi) is 5.75. The molecule has 2 heterocycles. The third-order valence-electron chi connectivity index (χ3n) is 4.40. The van der Waals surface area contributed by atoms with Crippen LogP contribution in [0.15, 0.2) is 24.3 Å². The van der Waals surface area contributed by atoms with Crippen LogP contribution in [0.4, 0.5) is 5.69 Å². The molecule has 0 radical (unpaired) electrons. The Morgan fingerprint density at radius 3 is 2.50 bits per heavy atom. The zero-order valence-electron chi connectivity index (χ0n) is 16.0. The summed E-state index contributed by atoms with van der Waals surface area (Å²) in [4.78, 5) is 20.6. The largest absolute Gasteiger partial charge is 0.379 e. The first-order valence-corrected chi connectivity index (χ1v) is 9.83. The smallest absolute Gasteiger partial charge is 0.229 e. The number of anilines is 1. The minimum Gasteiger partial charge on any atom is -0.379 e. The van der Waals surface area contributed by atoms with Gasteiger partial charge in [-0.25, -0.2) is 4.98 Å². The molecule has 140 valence electrons. The topological polar surface area (TPSA) is 54.5 Å². The quantitative estimate of drug-likeness (QED) is 0.882. The summed E-state index contributed by atoms with van der Waals surface area (Å²) >= 11 is 1.76. The van der Waals surface area contributed by atoms with Crippen molar-refractivity contribution in [2.75, 3.05) is 31.6 Å². The lowest BCUT2D eigenvalue weighted by molar-refractivity contribution is -0.123. The molecule has 1 aromatic heterocycles. The van der Waals surface area contributed by atoms with Crippen molar-refractivity contribution in [3.8, 4) is 11.3 Å². The van der Waals surface area contributed by atoms with Crippen LogP contribution in [0.3, 0.4) is 0 Å². The van der Waals surface area contributed by atoms with Gasteiger partial charge in [-0.1, -0.05) is 32.9 Å². The van der Waals surface area contributed by atoms with Crippen LogP contribution in [0.2, 0.25) is 0 Å². The number of benzene rings is 1. The Labute approximate surface area is 159 Å². The normalized spacial score (nSPS) is 15.8. The second-order valence-electron chi connectivity index (χ2n) is 7.68. The first-order valence-electron chi connectivity index (χ1n) is 9.01. The first kappa shape index (κ1) is 19.0.